The van der Waals surface area contributed by atoms with Crippen molar-refractivity contribution in [3.05, 3.63) is 53.3 Å². The van der Waals surface area contributed by atoms with Crippen LogP contribution in [0.4, 0.5) is 0 Å². The lowest BCUT2D eigenvalue weighted by molar-refractivity contribution is 0.0679. The monoisotopic (exact) mass is 278 g/mol. The third-order valence-electron chi connectivity index (χ3n) is 6.02. The molecule has 0 radical (unpaired) electrons. The number of hydrogen-bond donors (Lipinski definition) is 0. The SMILES string of the molecule is C(=C\C1OC1=C1C2CC3CC(C2)CC1C3)/c1ccccc1. The van der Waals surface area contributed by atoms with Crippen molar-refractivity contribution >= 4 is 6.08 Å². The summed E-state index contributed by atoms with van der Waals surface area (Å²) in [6.07, 6.45) is 12.0. The summed E-state index contributed by atoms with van der Waals surface area (Å²) < 4.78 is 5.96. The number of allylic oxidation sites excluding steroid dienone is 1. The van der Waals surface area contributed by atoms with Gasteiger partial charge < -0.3 is 4.74 Å². The van der Waals surface area contributed by atoms with E-state index in [0.29, 0.717) is 0 Å². The molecule has 1 heteroatoms. The van der Waals surface area contributed by atoms with Crippen LogP contribution < -0.4 is 0 Å². The third-order valence-corrected chi connectivity index (χ3v) is 6.02. The average molecular weight is 278 g/mol. The van der Waals surface area contributed by atoms with Gasteiger partial charge in [0.05, 0.1) is 0 Å². The summed E-state index contributed by atoms with van der Waals surface area (Å²) in [5.41, 5.74) is 2.99. The van der Waals surface area contributed by atoms with Gasteiger partial charge in [-0.1, -0.05) is 36.4 Å². The van der Waals surface area contributed by atoms with Gasteiger partial charge in [-0.2, -0.15) is 0 Å². The molecule has 4 bridgehead atoms. The van der Waals surface area contributed by atoms with E-state index < -0.39 is 0 Å². The van der Waals surface area contributed by atoms with Gasteiger partial charge in [0.2, 0.25) is 0 Å². The van der Waals surface area contributed by atoms with Crippen molar-refractivity contribution in [3.63, 3.8) is 0 Å². The van der Waals surface area contributed by atoms with Gasteiger partial charge in [0.25, 0.3) is 0 Å². The Balaban J connectivity index is 1.37. The molecule has 108 valence electrons. The Hall–Kier alpha value is -1.50. The van der Waals surface area contributed by atoms with Crippen molar-refractivity contribution in [1.29, 1.82) is 0 Å². The number of benzene rings is 1. The first kappa shape index (κ1) is 12.1. The molecule has 0 amide bonds. The molecule has 0 N–H and O–H groups in total. The highest BCUT2D eigenvalue weighted by molar-refractivity contribution is 5.52. The van der Waals surface area contributed by atoms with E-state index in [1.165, 1.54) is 43.4 Å². The predicted molar refractivity (Wildman–Crippen MR) is 84.4 cm³/mol. The fraction of sp³-hybridized carbons (Fsp3) is 0.500. The number of hydrogen-bond acceptors (Lipinski definition) is 1. The molecule has 6 rings (SSSR count). The topological polar surface area (TPSA) is 12.5 Å². The van der Waals surface area contributed by atoms with Crippen molar-refractivity contribution in [2.75, 3.05) is 0 Å². The van der Waals surface area contributed by atoms with Gasteiger partial charge in [0.15, 0.2) is 6.10 Å². The first-order valence-corrected chi connectivity index (χ1v) is 8.50. The van der Waals surface area contributed by atoms with Crippen molar-refractivity contribution in [1.82, 2.24) is 0 Å². The van der Waals surface area contributed by atoms with Gasteiger partial charge in [-0.05, 0) is 73.0 Å². The van der Waals surface area contributed by atoms with Crippen molar-refractivity contribution in [3.8, 4) is 0 Å². The highest BCUT2D eigenvalue weighted by Gasteiger charge is 2.50. The average Bonchev–Trinajstić information content (AvgIpc) is 3.24. The number of epoxide rings is 1. The largest absolute Gasteiger partial charge is 0.478 e. The summed E-state index contributed by atoms with van der Waals surface area (Å²) in [5, 5.41) is 0. The van der Waals surface area contributed by atoms with Crippen LogP contribution in [-0.4, -0.2) is 6.10 Å². The van der Waals surface area contributed by atoms with Crippen LogP contribution in [0, 0.1) is 23.7 Å². The molecule has 1 aliphatic heterocycles. The van der Waals surface area contributed by atoms with Gasteiger partial charge in [-0.3, -0.25) is 0 Å². The van der Waals surface area contributed by atoms with Gasteiger partial charge in [-0.15, -0.1) is 0 Å². The second kappa shape index (κ2) is 4.50. The molecular weight excluding hydrogens is 256 g/mol. The van der Waals surface area contributed by atoms with Gasteiger partial charge >= 0.3 is 0 Å². The second-order valence-corrected chi connectivity index (χ2v) is 7.43. The summed E-state index contributed by atoms with van der Waals surface area (Å²) in [6.45, 7) is 0. The minimum absolute atomic E-state index is 0.276. The van der Waals surface area contributed by atoms with Crippen LogP contribution in [0.2, 0.25) is 0 Å². The molecule has 1 aromatic carbocycles. The van der Waals surface area contributed by atoms with Crippen molar-refractivity contribution in [2.45, 2.75) is 38.2 Å². The molecule has 1 saturated heterocycles. The zero-order valence-electron chi connectivity index (χ0n) is 12.4. The molecule has 1 nitrogen and oxygen atoms in total. The summed E-state index contributed by atoms with van der Waals surface area (Å²) in [6, 6.07) is 10.5. The number of ether oxygens (including phenoxy) is 1. The zero-order chi connectivity index (χ0) is 13.8. The highest BCUT2D eigenvalue weighted by atomic mass is 16.6. The van der Waals surface area contributed by atoms with E-state index in [9.17, 15) is 0 Å². The first-order chi connectivity index (χ1) is 10.4. The molecule has 5 aliphatic rings. The van der Waals surface area contributed by atoms with Crippen molar-refractivity contribution < 1.29 is 4.74 Å². The summed E-state index contributed by atoms with van der Waals surface area (Å²) in [5.74, 6) is 5.15. The summed E-state index contributed by atoms with van der Waals surface area (Å²) >= 11 is 0. The maximum Gasteiger partial charge on any atom is 0.174 e. The van der Waals surface area contributed by atoms with E-state index in [2.05, 4.69) is 42.5 Å². The van der Waals surface area contributed by atoms with E-state index in [0.717, 1.165) is 23.7 Å². The normalized spacial score (nSPS) is 39.9. The fourth-order valence-electron chi connectivity index (χ4n) is 5.32. The van der Waals surface area contributed by atoms with Crippen LogP contribution in [0.25, 0.3) is 6.08 Å². The molecule has 4 saturated carbocycles. The van der Waals surface area contributed by atoms with Crippen LogP contribution in [0.3, 0.4) is 0 Å². The minimum atomic E-state index is 0.276. The van der Waals surface area contributed by atoms with Crippen LogP contribution in [-0.2, 0) is 4.74 Å². The Morgan fingerprint density at radius 1 is 0.857 bits per heavy atom. The molecule has 21 heavy (non-hydrogen) atoms. The molecule has 1 heterocycles. The molecular formula is C20H22O. The Morgan fingerprint density at radius 2 is 1.52 bits per heavy atom. The van der Waals surface area contributed by atoms with Crippen LogP contribution in [0.5, 0.6) is 0 Å². The van der Waals surface area contributed by atoms with Crippen molar-refractivity contribution in [2.24, 2.45) is 23.7 Å². The van der Waals surface area contributed by atoms with E-state index in [-0.39, 0.29) is 6.10 Å². The molecule has 1 unspecified atom stereocenters. The van der Waals surface area contributed by atoms with E-state index in [4.69, 9.17) is 4.74 Å². The van der Waals surface area contributed by atoms with Gasteiger partial charge in [-0.25, -0.2) is 0 Å². The Kier molecular flexibility index (Phi) is 2.59. The third kappa shape index (κ3) is 2.06. The van der Waals surface area contributed by atoms with E-state index in [1.54, 1.807) is 5.57 Å². The minimum Gasteiger partial charge on any atom is -0.478 e. The Bertz CT molecular complexity index is 580. The smallest absolute Gasteiger partial charge is 0.174 e. The quantitative estimate of drug-likeness (QED) is 0.707. The molecule has 4 aliphatic carbocycles. The molecule has 1 atom stereocenters. The second-order valence-electron chi connectivity index (χ2n) is 7.43. The maximum absolute atomic E-state index is 5.96. The van der Waals surface area contributed by atoms with Crippen LogP contribution in [0.15, 0.2) is 47.7 Å². The highest BCUT2D eigenvalue weighted by Crippen LogP contribution is 2.59. The van der Waals surface area contributed by atoms with E-state index in [1.807, 2.05) is 0 Å². The number of rotatable bonds is 2. The Labute approximate surface area is 126 Å². The van der Waals surface area contributed by atoms with Crippen LogP contribution >= 0.6 is 0 Å². The summed E-state index contributed by atoms with van der Waals surface area (Å²) in [4.78, 5) is 0. The first-order valence-electron chi connectivity index (χ1n) is 8.50. The zero-order valence-corrected chi connectivity index (χ0v) is 12.4. The lowest BCUT2D eigenvalue weighted by atomic mass is 9.54. The van der Waals surface area contributed by atoms with Gasteiger partial charge in [0.1, 0.15) is 5.76 Å². The molecule has 1 aromatic rings. The lowest BCUT2D eigenvalue weighted by Crippen LogP contribution is -2.40. The molecule has 0 spiro atoms. The Morgan fingerprint density at radius 3 is 2.19 bits per heavy atom. The van der Waals surface area contributed by atoms with Gasteiger partial charge in [0, 0.05) is 0 Å². The standard InChI is InChI=1S/C20H22O/c1-2-4-13(5-3-1)6-7-18-20(21-18)19-16-9-14-8-15(11-16)12-17(19)10-14/h1-7,14-18H,8-12H2/b7-6+,20-19?. The summed E-state index contributed by atoms with van der Waals surface area (Å²) in [7, 11) is 0. The molecule has 0 aromatic heterocycles. The van der Waals surface area contributed by atoms with Crippen LogP contribution in [0.1, 0.15) is 37.7 Å². The van der Waals surface area contributed by atoms with E-state index >= 15 is 0 Å². The maximum atomic E-state index is 5.96. The molecule has 5 fully saturated rings. The fourth-order valence-corrected chi connectivity index (χ4v) is 5.32. The lowest BCUT2D eigenvalue weighted by Gasteiger charge is -2.50. The predicted octanol–water partition coefficient (Wildman–Crippen LogP) is 4.81.